The number of hydrogen-bond acceptors (Lipinski definition) is 6. The number of amides is 1. The lowest BCUT2D eigenvalue weighted by molar-refractivity contribution is -0.149. The Bertz CT molecular complexity index is 1030. The highest BCUT2D eigenvalue weighted by Gasteiger charge is 2.29. The molecule has 0 unspecified atom stereocenters. The van der Waals surface area contributed by atoms with Crippen molar-refractivity contribution in [2.24, 2.45) is 5.92 Å². The van der Waals surface area contributed by atoms with E-state index >= 15 is 0 Å². The highest BCUT2D eigenvalue weighted by atomic mass is 16.6. The normalized spacial score (nSPS) is 22.4. The number of benzene rings is 2. The van der Waals surface area contributed by atoms with E-state index in [1.54, 1.807) is 18.2 Å². The van der Waals surface area contributed by atoms with Crippen LogP contribution < -0.4 is 9.47 Å². The van der Waals surface area contributed by atoms with Crippen molar-refractivity contribution >= 4 is 5.91 Å². The maximum atomic E-state index is 12.4. The van der Waals surface area contributed by atoms with Crippen LogP contribution in [0.1, 0.15) is 50.3 Å². The van der Waals surface area contributed by atoms with Crippen molar-refractivity contribution in [2.75, 3.05) is 45.9 Å². The summed E-state index contributed by atoms with van der Waals surface area (Å²) in [6.45, 7) is 9.01. The van der Waals surface area contributed by atoms with E-state index in [4.69, 9.17) is 19.5 Å². The van der Waals surface area contributed by atoms with Gasteiger partial charge in [0.05, 0.1) is 18.2 Å². The summed E-state index contributed by atoms with van der Waals surface area (Å²) in [6.07, 6.45) is 3.23. The number of rotatable bonds is 6. The zero-order chi connectivity index (χ0) is 25.3. The van der Waals surface area contributed by atoms with Gasteiger partial charge >= 0.3 is 0 Å². The summed E-state index contributed by atoms with van der Waals surface area (Å²) in [4.78, 5) is 16.8. The summed E-state index contributed by atoms with van der Waals surface area (Å²) in [5, 5.41) is 9.12. The van der Waals surface area contributed by atoms with Crippen LogP contribution in [0.5, 0.6) is 11.5 Å². The van der Waals surface area contributed by atoms with Gasteiger partial charge in [0, 0.05) is 19.2 Å². The van der Waals surface area contributed by atoms with Crippen LogP contribution in [0.3, 0.4) is 0 Å². The maximum Gasteiger partial charge on any atom is 0.248 e. The van der Waals surface area contributed by atoms with E-state index in [-0.39, 0.29) is 24.7 Å². The molecule has 0 spiro atoms. The van der Waals surface area contributed by atoms with Gasteiger partial charge in [0.2, 0.25) is 5.91 Å². The molecule has 7 heteroatoms. The third-order valence-corrected chi connectivity index (χ3v) is 7.09. The fourth-order valence-corrected chi connectivity index (χ4v) is 5.06. The molecular weight excluding hydrogens is 454 g/mol. The van der Waals surface area contributed by atoms with Crippen molar-refractivity contribution in [1.82, 2.24) is 9.80 Å². The molecule has 3 aliphatic heterocycles. The van der Waals surface area contributed by atoms with Gasteiger partial charge in [-0.1, -0.05) is 44.2 Å². The first-order valence-electron chi connectivity index (χ1n) is 13.2. The molecule has 7 nitrogen and oxygen atoms in total. The summed E-state index contributed by atoms with van der Waals surface area (Å²) in [5.74, 6) is 2.10. The van der Waals surface area contributed by atoms with Gasteiger partial charge in [-0.15, -0.1) is 0 Å². The number of carbonyl (C=O) groups is 1. The van der Waals surface area contributed by atoms with Crippen LogP contribution in [-0.2, 0) is 9.53 Å². The summed E-state index contributed by atoms with van der Waals surface area (Å²) in [6, 6.07) is 17.6. The Morgan fingerprint density at radius 1 is 1.06 bits per heavy atom. The summed E-state index contributed by atoms with van der Waals surface area (Å²) in [7, 11) is 0. The second kappa shape index (κ2) is 12.8. The van der Waals surface area contributed by atoms with Gasteiger partial charge in [-0.25, -0.2) is 0 Å². The van der Waals surface area contributed by atoms with Gasteiger partial charge in [-0.3, -0.25) is 9.69 Å². The molecule has 5 rings (SSSR count). The fourth-order valence-electron chi connectivity index (χ4n) is 5.06. The second-order valence-corrected chi connectivity index (χ2v) is 9.41. The van der Waals surface area contributed by atoms with Crippen LogP contribution in [0, 0.1) is 17.2 Å². The van der Waals surface area contributed by atoms with Crippen LogP contribution in [0.15, 0.2) is 48.5 Å². The molecule has 0 aromatic heterocycles. The van der Waals surface area contributed by atoms with Gasteiger partial charge < -0.3 is 19.1 Å². The average molecular weight is 492 g/mol. The number of fused-ring (bicyclic) bond motifs is 1. The maximum absolute atomic E-state index is 12.4. The third-order valence-electron chi connectivity index (χ3n) is 7.09. The minimum Gasteiger partial charge on any atom is -0.486 e. The topological polar surface area (TPSA) is 75.0 Å². The van der Waals surface area contributed by atoms with Crippen molar-refractivity contribution in [3.63, 3.8) is 0 Å². The predicted octanol–water partition coefficient (Wildman–Crippen LogP) is 4.43. The Morgan fingerprint density at radius 2 is 1.83 bits per heavy atom. The first kappa shape index (κ1) is 26.0. The number of carbonyl (C=O) groups excluding carboxylic acids is 1. The Morgan fingerprint density at radius 3 is 2.58 bits per heavy atom. The largest absolute Gasteiger partial charge is 0.486 e. The molecule has 2 aromatic rings. The number of nitrogens with zero attached hydrogens (tertiary/aromatic N) is 3. The van der Waals surface area contributed by atoms with E-state index in [0.29, 0.717) is 36.1 Å². The molecule has 1 amide bonds. The highest BCUT2D eigenvalue weighted by Crippen LogP contribution is 2.33. The van der Waals surface area contributed by atoms with Gasteiger partial charge in [-0.05, 0) is 56.0 Å². The molecule has 2 aromatic carbocycles. The van der Waals surface area contributed by atoms with E-state index in [2.05, 4.69) is 23.1 Å². The van der Waals surface area contributed by atoms with E-state index in [0.717, 1.165) is 51.0 Å². The molecule has 3 heterocycles. The van der Waals surface area contributed by atoms with Crippen LogP contribution in [0.4, 0.5) is 0 Å². The first-order chi connectivity index (χ1) is 17.7. The molecule has 192 valence electrons. The zero-order valence-corrected chi connectivity index (χ0v) is 21.4. The Hall–Kier alpha value is -3.08. The lowest BCUT2D eigenvalue weighted by Crippen LogP contribution is -2.46. The second-order valence-electron chi connectivity index (χ2n) is 9.41. The number of nitriles is 1. The number of hydrogen-bond donors (Lipinski definition) is 0. The predicted molar refractivity (Wildman–Crippen MR) is 138 cm³/mol. The van der Waals surface area contributed by atoms with E-state index < -0.39 is 0 Å². The lowest BCUT2D eigenvalue weighted by atomic mass is 9.93. The standard InChI is InChI=1S/C27H31N3O4.C2H6/c28-15-21-6-7-24-25(14-21)34-23(18-32-24)16-29-11-8-20(9-12-29)10-13-30-17-26(33-19-27(30)31)22-4-2-1-3-5-22;1-2/h1-7,14,20,23,26H,8-13,16-19H2;1-2H3/t23-,26-;/m0./s1. The summed E-state index contributed by atoms with van der Waals surface area (Å²) in [5.41, 5.74) is 1.71. The van der Waals surface area contributed by atoms with Crippen molar-refractivity contribution in [2.45, 2.75) is 45.3 Å². The summed E-state index contributed by atoms with van der Waals surface area (Å²) >= 11 is 0. The molecule has 2 saturated heterocycles. The van der Waals surface area contributed by atoms with Crippen LogP contribution in [0.2, 0.25) is 0 Å². The van der Waals surface area contributed by atoms with Crippen LogP contribution in [0.25, 0.3) is 0 Å². The van der Waals surface area contributed by atoms with Gasteiger partial charge in [0.25, 0.3) is 0 Å². The van der Waals surface area contributed by atoms with Crippen molar-refractivity contribution < 1.29 is 19.0 Å². The Labute approximate surface area is 214 Å². The zero-order valence-electron chi connectivity index (χ0n) is 21.4. The number of piperidine rings is 1. The van der Waals surface area contributed by atoms with E-state index in [1.165, 1.54) is 0 Å². The monoisotopic (exact) mass is 491 g/mol. The molecular formula is C29H37N3O4. The van der Waals surface area contributed by atoms with Crippen molar-refractivity contribution in [1.29, 1.82) is 5.26 Å². The highest BCUT2D eigenvalue weighted by molar-refractivity contribution is 5.78. The minimum atomic E-state index is -0.0344. The molecule has 0 bridgehead atoms. The number of likely N-dealkylation sites (tertiary alicyclic amines) is 1. The van der Waals surface area contributed by atoms with E-state index in [9.17, 15) is 4.79 Å². The van der Waals surface area contributed by atoms with E-state index in [1.807, 2.05) is 36.9 Å². The Balaban J connectivity index is 0.00000148. The molecule has 0 radical (unpaired) electrons. The smallest absolute Gasteiger partial charge is 0.248 e. The van der Waals surface area contributed by atoms with Crippen LogP contribution in [-0.4, -0.2) is 67.7 Å². The Kier molecular flexibility index (Phi) is 9.21. The minimum absolute atomic E-state index is 0.0288. The van der Waals surface area contributed by atoms with Crippen molar-refractivity contribution in [3.05, 3.63) is 59.7 Å². The molecule has 0 N–H and O–H groups in total. The van der Waals surface area contributed by atoms with Crippen LogP contribution >= 0.6 is 0 Å². The molecule has 3 aliphatic rings. The number of morpholine rings is 1. The molecule has 0 aliphatic carbocycles. The van der Waals surface area contributed by atoms with Gasteiger partial charge in [0.15, 0.2) is 11.5 Å². The summed E-state index contributed by atoms with van der Waals surface area (Å²) < 4.78 is 17.7. The fraction of sp³-hybridized carbons (Fsp3) is 0.517. The molecule has 2 atom stereocenters. The first-order valence-corrected chi connectivity index (χ1v) is 13.2. The van der Waals surface area contributed by atoms with Gasteiger partial charge in [0.1, 0.15) is 25.4 Å². The van der Waals surface area contributed by atoms with Gasteiger partial charge in [-0.2, -0.15) is 5.26 Å². The SMILES string of the molecule is CC.N#Cc1ccc2c(c1)O[C@@H](CN1CCC(CCN3C[C@@H](c4ccccc4)OCC3=O)CC1)CO2. The number of ether oxygens (including phenoxy) is 3. The lowest BCUT2D eigenvalue weighted by Gasteiger charge is -2.37. The molecule has 2 fully saturated rings. The molecule has 36 heavy (non-hydrogen) atoms. The molecule has 0 saturated carbocycles. The third kappa shape index (κ3) is 6.57. The average Bonchev–Trinajstić information content (AvgIpc) is 2.94. The van der Waals surface area contributed by atoms with Crippen molar-refractivity contribution in [3.8, 4) is 17.6 Å². The quantitative estimate of drug-likeness (QED) is 0.595.